The second-order valence-corrected chi connectivity index (χ2v) is 11.6. The van der Waals surface area contributed by atoms with Crippen molar-refractivity contribution < 1.29 is 31.9 Å². The number of sulfonamides is 1. The van der Waals surface area contributed by atoms with Gasteiger partial charge in [-0.05, 0) is 69.5 Å². The van der Waals surface area contributed by atoms with Crippen LogP contribution in [0, 0.1) is 5.82 Å². The summed E-state index contributed by atoms with van der Waals surface area (Å²) in [7, 11) is -2.58. The first-order valence-corrected chi connectivity index (χ1v) is 13.3. The molecule has 0 radical (unpaired) electrons. The van der Waals surface area contributed by atoms with Crippen LogP contribution in [0.25, 0.3) is 0 Å². The minimum Gasteiger partial charge on any atom is -0.497 e. The van der Waals surface area contributed by atoms with E-state index in [9.17, 15) is 22.4 Å². The fourth-order valence-electron chi connectivity index (χ4n) is 4.05. The van der Waals surface area contributed by atoms with Crippen molar-refractivity contribution in [3.05, 3.63) is 59.9 Å². The van der Waals surface area contributed by atoms with Crippen LogP contribution >= 0.6 is 0 Å². The summed E-state index contributed by atoms with van der Waals surface area (Å²) < 4.78 is 52.1. The molecule has 0 aliphatic carbocycles. The second-order valence-electron chi connectivity index (χ2n) is 9.73. The third-order valence-corrected chi connectivity index (χ3v) is 7.67. The zero-order valence-corrected chi connectivity index (χ0v) is 21.8. The summed E-state index contributed by atoms with van der Waals surface area (Å²) in [6.07, 6.45) is 1.64. The van der Waals surface area contributed by atoms with Gasteiger partial charge in [-0.2, -0.15) is 4.31 Å². The lowest BCUT2D eigenvalue weighted by Crippen LogP contribution is -2.55. The summed E-state index contributed by atoms with van der Waals surface area (Å²) >= 11 is 0. The maximum atomic E-state index is 13.7. The highest BCUT2D eigenvalue weighted by molar-refractivity contribution is 7.89. The highest BCUT2D eigenvalue weighted by Gasteiger charge is 2.39. The van der Waals surface area contributed by atoms with Crippen molar-refractivity contribution in [3.63, 3.8) is 0 Å². The Bertz CT molecular complexity index is 1180. The molecule has 10 heteroatoms. The van der Waals surface area contributed by atoms with Crippen LogP contribution in [-0.4, -0.2) is 55.9 Å². The maximum absolute atomic E-state index is 13.7. The topological polar surface area (TPSA) is 102 Å². The number of carbonyl (C=O) groups excluding carboxylic acids is 2. The standard InChI is InChI=1S/C26H33FN2O6S/c1-26(2,3)35-25(31)22(16-18-11-13-20(34-4)14-12-18)28-24(30)23-10-5-6-15-29(23)36(32,33)21-9-7-8-19(27)17-21/h7-9,11-14,17,22-23H,5-6,10,15-16H2,1-4H3,(H,28,30)/t22-,23?/m0/s1. The van der Waals surface area contributed by atoms with Crippen molar-refractivity contribution in [1.29, 1.82) is 0 Å². The number of halogens is 1. The Labute approximate surface area is 211 Å². The first-order chi connectivity index (χ1) is 16.9. The van der Waals surface area contributed by atoms with Gasteiger partial charge in [0, 0.05) is 13.0 Å². The Morgan fingerprint density at radius 2 is 1.83 bits per heavy atom. The van der Waals surface area contributed by atoms with Gasteiger partial charge in [-0.25, -0.2) is 17.6 Å². The number of carbonyl (C=O) groups is 2. The van der Waals surface area contributed by atoms with Crippen LogP contribution in [0.5, 0.6) is 5.75 Å². The van der Waals surface area contributed by atoms with Crippen LogP contribution in [0.3, 0.4) is 0 Å². The van der Waals surface area contributed by atoms with E-state index in [0.717, 1.165) is 22.0 Å². The van der Waals surface area contributed by atoms with Gasteiger partial charge in [-0.1, -0.05) is 24.6 Å². The summed E-state index contributed by atoms with van der Waals surface area (Å²) in [5.41, 5.74) is -0.0165. The lowest BCUT2D eigenvalue weighted by atomic mass is 10.0. The van der Waals surface area contributed by atoms with E-state index >= 15 is 0 Å². The molecule has 36 heavy (non-hydrogen) atoms. The van der Waals surface area contributed by atoms with Gasteiger partial charge < -0.3 is 14.8 Å². The Morgan fingerprint density at radius 1 is 1.14 bits per heavy atom. The molecular formula is C26H33FN2O6S. The molecule has 1 amide bonds. The van der Waals surface area contributed by atoms with E-state index in [1.807, 2.05) is 0 Å². The number of hydrogen-bond acceptors (Lipinski definition) is 6. The predicted octanol–water partition coefficient (Wildman–Crippen LogP) is 3.45. The van der Waals surface area contributed by atoms with Crippen LogP contribution in [0.4, 0.5) is 4.39 Å². The molecule has 1 aliphatic heterocycles. The molecule has 196 valence electrons. The Kier molecular flexibility index (Phi) is 8.73. The molecule has 2 aromatic carbocycles. The van der Waals surface area contributed by atoms with E-state index in [4.69, 9.17) is 9.47 Å². The molecule has 1 unspecified atom stereocenters. The van der Waals surface area contributed by atoms with Crippen LogP contribution < -0.4 is 10.1 Å². The van der Waals surface area contributed by atoms with E-state index in [2.05, 4.69) is 5.32 Å². The Balaban J connectivity index is 1.85. The average Bonchev–Trinajstić information content (AvgIpc) is 2.83. The van der Waals surface area contributed by atoms with Gasteiger partial charge in [-0.3, -0.25) is 4.79 Å². The monoisotopic (exact) mass is 520 g/mol. The van der Waals surface area contributed by atoms with Gasteiger partial charge in [0.05, 0.1) is 12.0 Å². The first kappa shape index (κ1) is 27.6. The molecule has 0 spiro atoms. The van der Waals surface area contributed by atoms with Gasteiger partial charge in [-0.15, -0.1) is 0 Å². The van der Waals surface area contributed by atoms with Crippen molar-refractivity contribution in [3.8, 4) is 5.75 Å². The molecule has 0 bridgehead atoms. The van der Waals surface area contributed by atoms with Gasteiger partial charge >= 0.3 is 5.97 Å². The summed E-state index contributed by atoms with van der Waals surface area (Å²) in [5, 5.41) is 2.73. The first-order valence-electron chi connectivity index (χ1n) is 11.8. The molecule has 2 aromatic rings. The number of ether oxygens (including phenoxy) is 2. The van der Waals surface area contributed by atoms with Gasteiger partial charge in [0.15, 0.2) is 0 Å². The number of esters is 1. The Morgan fingerprint density at radius 3 is 2.44 bits per heavy atom. The molecule has 0 saturated carbocycles. The van der Waals surface area contributed by atoms with Crippen LogP contribution in [0.15, 0.2) is 53.4 Å². The van der Waals surface area contributed by atoms with E-state index in [1.165, 1.54) is 12.1 Å². The molecule has 1 saturated heterocycles. The van der Waals surface area contributed by atoms with Gasteiger partial charge in [0.25, 0.3) is 0 Å². The summed E-state index contributed by atoms with van der Waals surface area (Å²) in [6, 6.07) is 9.70. The lowest BCUT2D eigenvalue weighted by Gasteiger charge is -2.34. The zero-order valence-electron chi connectivity index (χ0n) is 21.0. The van der Waals surface area contributed by atoms with Crippen molar-refractivity contribution in [2.45, 2.75) is 69.0 Å². The van der Waals surface area contributed by atoms with Gasteiger partial charge in [0.2, 0.25) is 15.9 Å². The summed E-state index contributed by atoms with van der Waals surface area (Å²) in [6.45, 7) is 5.30. The Hall–Kier alpha value is -2.98. The summed E-state index contributed by atoms with van der Waals surface area (Å²) in [5.74, 6) is -1.25. The SMILES string of the molecule is COc1ccc(C[C@H](NC(=O)C2CCCCN2S(=O)(=O)c2cccc(F)c2)C(=O)OC(C)(C)C)cc1. The van der Waals surface area contributed by atoms with Gasteiger partial charge in [0.1, 0.15) is 29.3 Å². The van der Waals surface area contributed by atoms with Crippen molar-refractivity contribution in [2.24, 2.45) is 0 Å². The van der Waals surface area contributed by atoms with E-state index in [-0.39, 0.29) is 24.3 Å². The molecule has 3 rings (SSSR count). The normalized spacial score (nSPS) is 17.8. The van der Waals surface area contributed by atoms with Crippen molar-refractivity contribution in [1.82, 2.24) is 9.62 Å². The largest absolute Gasteiger partial charge is 0.497 e. The van der Waals surface area contributed by atoms with Crippen LogP contribution in [0.1, 0.15) is 45.6 Å². The third kappa shape index (κ3) is 7.04. The number of methoxy groups -OCH3 is 1. The van der Waals surface area contributed by atoms with Crippen molar-refractivity contribution >= 4 is 21.9 Å². The highest BCUT2D eigenvalue weighted by atomic mass is 32.2. The van der Waals surface area contributed by atoms with Crippen molar-refractivity contribution in [2.75, 3.05) is 13.7 Å². The fourth-order valence-corrected chi connectivity index (χ4v) is 5.74. The third-order valence-electron chi connectivity index (χ3n) is 5.77. The number of nitrogens with one attached hydrogen (secondary N) is 1. The average molecular weight is 521 g/mol. The zero-order chi connectivity index (χ0) is 26.5. The second kappa shape index (κ2) is 11.4. The maximum Gasteiger partial charge on any atom is 0.329 e. The minimum absolute atomic E-state index is 0.118. The van der Waals surface area contributed by atoms with E-state index in [1.54, 1.807) is 52.1 Å². The fraction of sp³-hybridized carbons (Fsp3) is 0.462. The summed E-state index contributed by atoms with van der Waals surface area (Å²) in [4.78, 5) is 26.2. The van der Waals surface area contributed by atoms with Crippen LogP contribution in [-0.2, 0) is 30.8 Å². The number of hydrogen-bond donors (Lipinski definition) is 1. The number of benzene rings is 2. The quantitative estimate of drug-likeness (QED) is 0.535. The molecule has 1 heterocycles. The van der Waals surface area contributed by atoms with Crippen LogP contribution in [0.2, 0.25) is 0 Å². The predicted molar refractivity (Wildman–Crippen MR) is 132 cm³/mol. The molecule has 1 aliphatic rings. The molecular weight excluding hydrogens is 487 g/mol. The molecule has 1 fully saturated rings. The molecule has 2 atom stereocenters. The molecule has 0 aromatic heterocycles. The molecule has 8 nitrogen and oxygen atoms in total. The molecule has 1 N–H and O–H groups in total. The smallest absolute Gasteiger partial charge is 0.329 e. The van der Waals surface area contributed by atoms with E-state index in [0.29, 0.717) is 18.6 Å². The number of piperidine rings is 1. The van der Waals surface area contributed by atoms with E-state index < -0.39 is 45.4 Å². The number of nitrogens with zero attached hydrogens (tertiary/aromatic N) is 1. The highest BCUT2D eigenvalue weighted by Crippen LogP contribution is 2.26. The number of amides is 1. The minimum atomic E-state index is -4.13. The number of rotatable bonds is 8. The lowest BCUT2D eigenvalue weighted by molar-refractivity contribution is -0.158.